The van der Waals surface area contributed by atoms with Crippen LogP contribution in [0, 0.1) is 5.41 Å². The van der Waals surface area contributed by atoms with E-state index in [0.29, 0.717) is 5.71 Å². The standard InChI is InChI=1S/C15H23N3O6S/c1-5-23-11(20)15(7-6-10(19)22-4)8-14(3,24-12(15)21)9(2)17-18-13(16)25/h5-8H2,1-4H3,(H3,16,18,25). The van der Waals surface area contributed by atoms with Gasteiger partial charge in [0.2, 0.25) is 0 Å². The van der Waals surface area contributed by atoms with Gasteiger partial charge in [0, 0.05) is 12.8 Å². The highest BCUT2D eigenvalue weighted by atomic mass is 32.1. The van der Waals surface area contributed by atoms with Crippen molar-refractivity contribution in [3.05, 3.63) is 0 Å². The topological polar surface area (TPSA) is 129 Å². The third-order valence-corrected chi connectivity index (χ3v) is 4.19. The lowest BCUT2D eigenvalue weighted by Crippen LogP contribution is -2.40. The number of cyclic esters (lactones) is 1. The molecule has 25 heavy (non-hydrogen) atoms. The van der Waals surface area contributed by atoms with E-state index in [-0.39, 0.29) is 31.0 Å². The SMILES string of the molecule is CCOC(=O)C1(CCC(=O)OC)CC(C)(C(C)=NNC(N)=S)OC1=O. The number of hydrazone groups is 1. The molecule has 2 atom stereocenters. The molecule has 1 aliphatic rings. The van der Waals surface area contributed by atoms with Gasteiger partial charge in [-0.05, 0) is 39.4 Å². The maximum Gasteiger partial charge on any atom is 0.324 e. The molecule has 1 saturated heterocycles. The van der Waals surface area contributed by atoms with Crippen LogP contribution in [-0.2, 0) is 28.6 Å². The van der Waals surface area contributed by atoms with Crippen LogP contribution in [0.1, 0.15) is 40.0 Å². The normalized spacial score (nSPS) is 25.9. The molecule has 3 N–H and O–H groups in total. The summed E-state index contributed by atoms with van der Waals surface area (Å²) in [5.41, 5.74) is 5.35. The summed E-state index contributed by atoms with van der Waals surface area (Å²) in [7, 11) is 1.23. The molecule has 0 spiro atoms. The first-order valence-corrected chi connectivity index (χ1v) is 8.10. The van der Waals surface area contributed by atoms with Crippen LogP contribution in [-0.4, -0.2) is 48.0 Å². The van der Waals surface area contributed by atoms with E-state index < -0.39 is 28.9 Å². The zero-order valence-electron chi connectivity index (χ0n) is 14.7. The Morgan fingerprint density at radius 1 is 1.48 bits per heavy atom. The molecule has 0 aromatic rings. The Labute approximate surface area is 151 Å². The molecule has 1 aliphatic heterocycles. The van der Waals surface area contributed by atoms with Crippen LogP contribution >= 0.6 is 12.2 Å². The summed E-state index contributed by atoms with van der Waals surface area (Å²) >= 11 is 4.68. The molecule has 0 aromatic carbocycles. The Hall–Kier alpha value is -2.23. The van der Waals surface area contributed by atoms with Gasteiger partial charge in [-0.1, -0.05) is 0 Å². The van der Waals surface area contributed by atoms with Crippen molar-refractivity contribution in [1.82, 2.24) is 5.43 Å². The highest BCUT2D eigenvalue weighted by Crippen LogP contribution is 2.45. The summed E-state index contributed by atoms with van der Waals surface area (Å²) in [6.07, 6.45) is -0.228. The number of nitrogens with zero attached hydrogens (tertiary/aromatic N) is 1. The second-order valence-electron chi connectivity index (χ2n) is 5.85. The summed E-state index contributed by atoms with van der Waals surface area (Å²) in [5, 5.41) is 3.93. The minimum absolute atomic E-state index is 0.0248. The van der Waals surface area contributed by atoms with Crippen LogP contribution in [0.2, 0.25) is 0 Å². The quantitative estimate of drug-likeness (QED) is 0.163. The van der Waals surface area contributed by atoms with Crippen LogP contribution in [0.4, 0.5) is 0 Å². The van der Waals surface area contributed by atoms with Gasteiger partial charge in [-0.15, -0.1) is 0 Å². The van der Waals surface area contributed by atoms with Gasteiger partial charge in [0.15, 0.2) is 16.1 Å². The molecule has 0 radical (unpaired) electrons. The number of hydrogen-bond donors (Lipinski definition) is 2. The first-order valence-electron chi connectivity index (χ1n) is 7.69. The second-order valence-corrected chi connectivity index (χ2v) is 6.29. The number of carbonyl (C=O) groups excluding carboxylic acids is 3. The van der Waals surface area contributed by atoms with Crippen molar-refractivity contribution in [2.24, 2.45) is 16.3 Å². The first kappa shape index (κ1) is 20.8. The van der Waals surface area contributed by atoms with E-state index in [1.54, 1.807) is 20.8 Å². The van der Waals surface area contributed by atoms with Crippen molar-refractivity contribution in [3.63, 3.8) is 0 Å². The van der Waals surface area contributed by atoms with Crippen molar-refractivity contribution in [2.75, 3.05) is 13.7 Å². The van der Waals surface area contributed by atoms with Gasteiger partial charge in [0.05, 0.1) is 19.4 Å². The van der Waals surface area contributed by atoms with Crippen LogP contribution in [0.3, 0.4) is 0 Å². The maximum absolute atomic E-state index is 12.6. The van der Waals surface area contributed by atoms with Crippen molar-refractivity contribution in [2.45, 2.75) is 45.6 Å². The highest BCUT2D eigenvalue weighted by Gasteiger charge is 2.61. The molecule has 140 valence electrons. The number of carbonyl (C=O) groups is 3. The van der Waals surface area contributed by atoms with Crippen LogP contribution < -0.4 is 11.2 Å². The number of ether oxygens (including phenoxy) is 3. The number of esters is 3. The lowest BCUT2D eigenvalue weighted by Gasteiger charge is -2.25. The van der Waals surface area contributed by atoms with Crippen LogP contribution in [0.15, 0.2) is 5.10 Å². The Kier molecular flexibility index (Phi) is 6.86. The molecule has 10 heteroatoms. The van der Waals surface area contributed by atoms with Gasteiger partial charge < -0.3 is 19.9 Å². The number of nitrogens with two attached hydrogens (primary N) is 1. The third-order valence-electron chi connectivity index (χ3n) is 4.10. The Morgan fingerprint density at radius 2 is 2.12 bits per heavy atom. The number of nitrogens with one attached hydrogen (secondary N) is 1. The molecule has 0 bridgehead atoms. The van der Waals surface area contributed by atoms with E-state index in [1.165, 1.54) is 7.11 Å². The molecule has 9 nitrogen and oxygen atoms in total. The predicted octanol–water partition coefficient (Wildman–Crippen LogP) is 0.404. The molecular weight excluding hydrogens is 350 g/mol. The average molecular weight is 373 g/mol. The molecule has 1 fully saturated rings. The minimum atomic E-state index is -1.60. The Balaban J connectivity index is 3.14. The molecule has 2 unspecified atom stereocenters. The lowest BCUT2D eigenvalue weighted by atomic mass is 9.76. The third kappa shape index (κ3) is 4.65. The summed E-state index contributed by atoms with van der Waals surface area (Å²) in [6, 6.07) is 0. The largest absolute Gasteiger partial charge is 0.469 e. The van der Waals surface area contributed by atoms with Crippen LogP contribution in [0.25, 0.3) is 0 Å². The number of methoxy groups -OCH3 is 1. The van der Waals surface area contributed by atoms with Crippen molar-refractivity contribution in [3.8, 4) is 0 Å². The van der Waals surface area contributed by atoms with E-state index >= 15 is 0 Å². The van der Waals surface area contributed by atoms with Crippen molar-refractivity contribution in [1.29, 1.82) is 0 Å². The molecular formula is C15H23N3O6S. The number of rotatable bonds is 7. The van der Waals surface area contributed by atoms with Crippen LogP contribution in [0.5, 0.6) is 0 Å². The van der Waals surface area contributed by atoms with E-state index in [0.717, 1.165) is 0 Å². The Bertz CT molecular complexity index is 608. The summed E-state index contributed by atoms with van der Waals surface area (Å²) < 4.78 is 15.1. The Morgan fingerprint density at radius 3 is 2.64 bits per heavy atom. The van der Waals surface area contributed by atoms with E-state index in [9.17, 15) is 14.4 Å². The van der Waals surface area contributed by atoms with Gasteiger partial charge in [0.1, 0.15) is 0 Å². The lowest BCUT2D eigenvalue weighted by molar-refractivity contribution is -0.166. The molecule has 0 aromatic heterocycles. The monoisotopic (exact) mass is 373 g/mol. The first-order chi connectivity index (χ1) is 11.6. The molecule has 0 aliphatic carbocycles. The van der Waals surface area contributed by atoms with E-state index in [2.05, 4.69) is 27.5 Å². The highest BCUT2D eigenvalue weighted by molar-refractivity contribution is 7.80. The smallest absolute Gasteiger partial charge is 0.324 e. The molecule has 0 saturated carbocycles. The van der Waals surface area contributed by atoms with Crippen molar-refractivity contribution >= 4 is 40.9 Å². The second kappa shape index (κ2) is 8.24. The number of thiocarbonyl (C=S) groups is 1. The fraction of sp³-hybridized carbons (Fsp3) is 0.667. The summed E-state index contributed by atoms with van der Waals surface area (Å²) in [4.78, 5) is 36.5. The average Bonchev–Trinajstić information content (AvgIpc) is 2.83. The molecule has 1 rings (SSSR count). The summed E-state index contributed by atoms with van der Waals surface area (Å²) in [6.45, 7) is 4.95. The fourth-order valence-corrected chi connectivity index (χ4v) is 2.63. The van der Waals surface area contributed by atoms with Gasteiger partial charge in [-0.25, -0.2) is 0 Å². The van der Waals surface area contributed by atoms with Gasteiger partial charge >= 0.3 is 17.9 Å². The summed E-state index contributed by atoms with van der Waals surface area (Å²) in [5.74, 6) is -2.03. The molecule has 1 heterocycles. The minimum Gasteiger partial charge on any atom is -0.469 e. The van der Waals surface area contributed by atoms with Crippen molar-refractivity contribution < 1.29 is 28.6 Å². The maximum atomic E-state index is 12.6. The number of hydrogen-bond acceptors (Lipinski definition) is 8. The van der Waals surface area contributed by atoms with Gasteiger partial charge in [0.25, 0.3) is 0 Å². The molecule has 0 amide bonds. The predicted molar refractivity (Wildman–Crippen MR) is 92.5 cm³/mol. The van der Waals surface area contributed by atoms with E-state index in [4.69, 9.17) is 15.2 Å². The van der Waals surface area contributed by atoms with Gasteiger partial charge in [-0.2, -0.15) is 5.10 Å². The van der Waals surface area contributed by atoms with Gasteiger partial charge in [-0.3, -0.25) is 19.8 Å². The zero-order valence-corrected chi connectivity index (χ0v) is 15.5. The van der Waals surface area contributed by atoms with E-state index in [1.807, 2.05) is 0 Å². The fourth-order valence-electron chi connectivity index (χ4n) is 2.58. The zero-order chi connectivity index (χ0) is 19.3.